The maximum atomic E-state index is 11.5. The first-order valence-electron chi connectivity index (χ1n) is 7.52. The molecule has 2 fully saturated rings. The third-order valence-corrected chi connectivity index (χ3v) is 6.99. The highest BCUT2D eigenvalue weighted by Crippen LogP contribution is 2.46. The third-order valence-electron chi connectivity index (χ3n) is 4.31. The minimum absolute atomic E-state index is 0.0722. The Hall–Kier alpha value is -0.430. The van der Waals surface area contributed by atoms with Gasteiger partial charge in [-0.3, -0.25) is 4.99 Å². The lowest BCUT2D eigenvalue weighted by Gasteiger charge is -2.25. The fourth-order valence-electron chi connectivity index (χ4n) is 2.84. The van der Waals surface area contributed by atoms with Crippen LogP contribution in [-0.2, 0) is 9.84 Å². The second-order valence-electron chi connectivity index (χ2n) is 6.75. The summed E-state index contributed by atoms with van der Waals surface area (Å²) in [5.41, 5.74) is -0.0722. The molecule has 1 aliphatic carbocycles. The van der Waals surface area contributed by atoms with E-state index in [1.54, 1.807) is 7.05 Å². The minimum Gasteiger partial charge on any atom is -0.356 e. The second-order valence-corrected chi connectivity index (χ2v) is 10.6. The van der Waals surface area contributed by atoms with E-state index >= 15 is 0 Å². The zero-order chi connectivity index (χ0) is 15.6. The van der Waals surface area contributed by atoms with Crippen LogP contribution in [0.5, 0.6) is 0 Å². The lowest BCUT2D eigenvalue weighted by Crippen LogP contribution is -2.45. The molecule has 0 amide bonds. The van der Waals surface area contributed by atoms with Crippen LogP contribution in [0.25, 0.3) is 0 Å². The molecule has 1 saturated heterocycles. The van der Waals surface area contributed by atoms with Crippen molar-refractivity contribution >= 4 is 27.6 Å². The molecule has 5 nitrogen and oxygen atoms in total. The van der Waals surface area contributed by atoms with E-state index < -0.39 is 9.84 Å². The quantitative estimate of drug-likeness (QED) is 0.566. The van der Waals surface area contributed by atoms with Crippen molar-refractivity contribution in [1.82, 2.24) is 10.6 Å². The Morgan fingerprint density at radius 3 is 2.38 bits per heavy atom. The predicted molar refractivity (Wildman–Crippen MR) is 90.8 cm³/mol. The van der Waals surface area contributed by atoms with Crippen molar-refractivity contribution in [2.45, 2.75) is 37.4 Å². The molecule has 0 spiro atoms. The molecule has 1 aliphatic heterocycles. The number of guanidine groups is 1. The monoisotopic (exact) mass is 333 g/mol. The zero-order valence-corrected chi connectivity index (χ0v) is 14.9. The van der Waals surface area contributed by atoms with E-state index in [1.807, 2.05) is 11.8 Å². The Morgan fingerprint density at radius 2 is 1.90 bits per heavy atom. The summed E-state index contributed by atoms with van der Waals surface area (Å²) in [5, 5.41) is 6.68. The van der Waals surface area contributed by atoms with Crippen LogP contribution in [0.1, 0.15) is 32.6 Å². The molecule has 1 heterocycles. The van der Waals surface area contributed by atoms with E-state index in [9.17, 15) is 8.42 Å². The van der Waals surface area contributed by atoms with Crippen LogP contribution >= 0.6 is 11.8 Å². The van der Waals surface area contributed by atoms with Gasteiger partial charge in [0, 0.05) is 36.6 Å². The predicted octanol–water partition coefficient (Wildman–Crippen LogP) is 1.26. The molecule has 1 atom stereocenters. The Kier molecular flexibility index (Phi) is 5.13. The number of aliphatic imine (C=N–C) groups is 1. The molecule has 2 N–H and O–H groups in total. The van der Waals surface area contributed by atoms with Crippen molar-refractivity contribution in [3.8, 4) is 0 Å². The van der Waals surface area contributed by atoms with Crippen LogP contribution in [0.15, 0.2) is 4.99 Å². The van der Waals surface area contributed by atoms with E-state index in [1.165, 1.54) is 24.9 Å². The molecule has 0 bridgehead atoms. The second kappa shape index (κ2) is 6.36. The summed E-state index contributed by atoms with van der Waals surface area (Å²) >= 11 is 2.02. The van der Waals surface area contributed by atoms with Crippen LogP contribution in [0.3, 0.4) is 0 Å². The third kappa shape index (κ3) is 5.36. The van der Waals surface area contributed by atoms with Gasteiger partial charge in [0.25, 0.3) is 0 Å². The van der Waals surface area contributed by atoms with Crippen molar-refractivity contribution in [3.63, 3.8) is 0 Å². The lowest BCUT2D eigenvalue weighted by atomic mass is 10.1. The van der Waals surface area contributed by atoms with E-state index in [0.717, 1.165) is 25.3 Å². The molecule has 1 unspecified atom stereocenters. The van der Waals surface area contributed by atoms with E-state index in [-0.39, 0.29) is 11.2 Å². The van der Waals surface area contributed by atoms with Crippen molar-refractivity contribution in [2.75, 3.05) is 37.9 Å². The molecule has 0 aromatic carbocycles. The molecule has 21 heavy (non-hydrogen) atoms. The number of sulfone groups is 1. The van der Waals surface area contributed by atoms with Crippen molar-refractivity contribution in [2.24, 2.45) is 10.4 Å². The van der Waals surface area contributed by atoms with Crippen LogP contribution in [0.4, 0.5) is 0 Å². The molecule has 0 radical (unpaired) electrons. The fourth-order valence-corrected chi connectivity index (χ4v) is 5.59. The van der Waals surface area contributed by atoms with Crippen molar-refractivity contribution < 1.29 is 8.42 Å². The maximum absolute atomic E-state index is 11.5. The van der Waals surface area contributed by atoms with Gasteiger partial charge in [0.1, 0.15) is 9.84 Å². The van der Waals surface area contributed by atoms with Crippen LogP contribution < -0.4 is 10.6 Å². The van der Waals surface area contributed by atoms with Gasteiger partial charge >= 0.3 is 0 Å². The lowest BCUT2D eigenvalue weighted by molar-refractivity contribution is 0.525. The highest BCUT2D eigenvalue weighted by molar-refractivity contribution is 8.00. The molecule has 7 heteroatoms. The van der Waals surface area contributed by atoms with Gasteiger partial charge in [-0.05, 0) is 38.4 Å². The summed E-state index contributed by atoms with van der Waals surface area (Å²) in [6, 6.07) is 0. The summed E-state index contributed by atoms with van der Waals surface area (Å²) in [7, 11) is -1.15. The highest BCUT2D eigenvalue weighted by atomic mass is 32.2. The topological polar surface area (TPSA) is 70.6 Å². The molecule has 0 aromatic rings. The van der Waals surface area contributed by atoms with E-state index in [4.69, 9.17) is 0 Å². The number of nitrogens with zero attached hydrogens (tertiary/aromatic N) is 1. The average molecular weight is 334 g/mol. The van der Waals surface area contributed by atoms with Crippen molar-refractivity contribution in [1.29, 1.82) is 0 Å². The number of hydrogen-bond acceptors (Lipinski definition) is 4. The molecule has 122 valence electrons. The molecular formula is C14H27N3O2S2. The van der Waals surface area contributed by atoms with Gasteiger partial charge < -0.3 is 10.6 Å². The van der Waals surface area contributed by atoms with Gasteiger partial charge in [-0.2, -0.15) is 11.8 Å². The number of nitrogens with one attached hydrogen (secondary N) is 2. The summed E-state index contributed by atoms with van der Waals surface area (Å²) in [6.45, 7) is 3.87. The zero-order valence-electron chi connectivity index (χ0n) is 13.2. The van der Waals surface area contributed by atoms with Crippen LogP contribution in [-0.4, -0.2) is 57.0 Å². The molecular weight excluding hydrogens is 306 g/mol. The van der Waals surface area contributed by atoms with Gasteiger partial charge in [0.05, 0.1) is 5.75 Å². The van der Waals surface area contributed by atoms with Gasteiger partial charge in [-0.15, -0.1) is 0 Å². The average Bonchev–Trinajstić information content (AvgIpc) is 2.98. The van der Waals surface area contributed by atoms with Gasteiger partial charge in [0.2, 0.25) is 0 Å². The Labute approximate surface area is 132 Å². The number of thioether (sulfide) groups is 1. The number of rotatable bonds is 6. The first-order valence-corrected chi connectivity index (χ1v) is 10.6. The first-order chi connectivity index (χ1) is 9.76. The number of hydrogen-bond donors (Lipinski definition) is 2. The highest BCUT2D eigenvalue weighted by Gasteiger charge is 2.45. The minimum atomic E-state index is -2.91. The van der Waals surface area contributed by atoms with E-state index in [0.29, 0.717) is 11.3 Å². The van der Waals surface area contributed by atoms with Gasteiger partial charge in [0.15, 0.2) is 5.96 Å². The molecule has 0 aromatic heterocycles. The normalized spacial score (nSPS) is 28.4. The largest absolute Gasteiger partial charge is 0.356 e. The summed E-state index contributed by atoms with van der Waals surface area (Å²) in [4.78, 5) is 4.24. The molecule has 2 aliphatic rings. The van der Waals surface area contributed by atoms with Crippen LogP contribution in [0.2, 0.25) is 0 Å². The molecule has 2 rings (SSSR count). The Balaban J connectivity index is 1.78. The SMILES string of the molecule is CN=C(NCC1(CS(C)(=O)=O)CC1)NCC1(C)CCCS1. The maximum Gasteiger partial charge on any atom is 0.191 e. The van der Waals surface area contributed by atoms with Gasteiger partial charge in [-0.25, -0.2) is 8.42 Å². The summed E-state index contributed by atoms with van der Waals surface area (Å²) in [6.07, 6.45) is 5.81. The van der Waals surface area contributed by atoms with Crippen LogP contribution in [0, 0.1) is 5.41 Å². The standard InChI is InChI=1S/C14H27N3O2S2/c1-13(5-4-8-20-13)9-16-12(15-2)17-10-14(6-7-14)11-21(3,18)19/h4-11H2,1-3H3,(H2,15,16,17). The fraction of sp³-hybridized carbons (Fsp3) is 0.929. The first kappa shape index (κ1) is 16.9. The van der Waals surface area contributed by atoms with E-state index in [2.05, 4.69) is 22.5 Å². The smallest absolute Gasteiger partial charge is 0.191 e. The van der Waals surface area contributed by atoms with Crippen molar-refractivity contribution in [3.05, 3.63) is 0 Å². The Morgan fingerprint density at radius 1 is 1.24 bits per heavy atom. The summed E-state index contributed by atoms with van der Waals surface area (Å²) < 4.78 is 23.2. The summed E-state index contributed by atoms with van der Waals surface area (Å²) in [5.74, 6) is 2.29. The van der Waals surface area contributed by atoms with Gasteiger partial charge in [-0.1, -0.05) is 0 Å². The molecule has 1 saturated carbocycles. The Bertz CT molecular complexity index is 492.